The number of carbonyl (C=O) groups excluding carboxylic acids is 2. The molecule has 2 bridgehead atoms. The molecule has 4 fully saturated rings. The Morgan fingerprint density at radius 1 is 1.15 bits per heavy atom. The van der Waals surface area contributed by atoms with E-state index >= 15 is 0 Å². The molecular weight excluding hydrogens is 330 g/mol. The van der Waals surface area contributed by atoms with Crippen LogP contribution < -0.4 is 0 Å². The fraction of sp³-hybridized carbons (Fsp3) is 0.900. The summed E-state index contributed by atoms with van der Waals surface area (Å²) in [6.07, 6.45) is 6.47. The number of amides is 2. The summed E-state index contributed by atoms with van der Waals surface area (Å²) in [6, 6.07) is 1.09. The zero-order valence-corrected chi connectivity index (χ0v) is 16.1. The SMILES string of the molecule is CCOCC(=O)N1CCC(N2CC3CC(C2)[C@H]2CCCC(=O)N2C3)CC1. The van der Waals surface area contributed by atoms with Gasteiger partial charge in [-0.2, -0.15) is 0 Å². The van der Waals surface area contributed by atoms with Crippen molar-refractivity contribution in [3.05, 3.63) is 0 Å². The lowest BCUT2D eigenvalue weighted by molar-refractivity contribution is -0.146. The minimum absolute atomic E-state index is 0.136. The number of fused-ring (bicyclic) bond motifs is 4. The van der Waals surface area contributed by atoms with Crippen LogP contribution in [0.25, 0.3) is 0 Å². The Bertz CT molecular complexity index is 532. The van der Waals surface area contributed by atoms with Crippen LogP contribution in [0.15, 0.2) is 0 Å². The summed E-state index contributed by atoms with van der Waals surface area (Å²) < 4.78 is 5.27. The van der Waals surface area contributed by atoms with E-state index in [-0.39, 0.29) is 12.5 Å². The summed E-state index contributed by atoms with van der Waals surface area (Å²) in [5.41, 5.74) is 0. The maximum atomic E-state index is 12.3. The highest BCUT2D eigenvalue weighted by molar-refractivity contribution is 5.78. The molecule has 0 spiro atoms. The van der Waals surface area contributed by atoms with Gasteiger partial charge in [-0.3, -0.25) is 14.5 Å². The topological polar surface area (TPSA) is 53.1 Å². The molecule has 3 atom stereocenters. The van der Waals surface area contributed by atoms with Crippen molar-refractivity contribution >= 4 is 11.8 Å². The van der Waals surface area contributed by atoms with Crippen molar-refractivity contribution in [3.63, 3.8) is 0 Å². The molecule has 4 aliphatic heterocycles. The number of ether oxygens (including phenoxy) is 1. The first-order chi connectivity index (χ1) is 12.7. The molecule has 4 saturated heterocycles. The summed E-state index contributed by atoms with van der Waals surface area (Å²) in [5, 5.41) is 0. The van der Waals surface area contributed by atoms with E-state index in [2.05, 4.69) is 9.80 Å². The molecule has 4 rings (SSSR count). The van der Waals surface area contributed by atoms with Crippen LogP contribution in [-0.4, -0.2) is 84.5 Å². The molecule has 26 heavy (non-hydrogen) atoms. The molecule has 4 heterocycles. The molecule has 146 valence electrons. The standard InChI is InChI=1S/C20H33N3O3/c1-2-26-14-20(25)21-8-6-17(7-9-21)22-11-15-10-16(13-22)18-4-3-5-19(24)23(18)12-15/h15-18H,2-14H2,1H3/t15?,16?,18-/m1/s1. The molecule has 0 saturated carbocycles. The third kappa shape index (κ3) is 3.63. The molecule has 2 unspecified atom stereocenters. The van der Waals surface area contributed by atoms with Gasteiger partial charge in [0.2, 0.25) is 11.8 Å². The zero-order chi connectivity index (χ0) is 18.1. The van der Waals surface area contributed by atoms with Crippen molar-refractivity contribution < 1.29 is 14.3 Å². The first kappa shape index (κ1) is 18.2. The Kier molecular flexibility index (Phi) is 5.50. The predicted molar refractivity (Wildman–Crippen MR) is 98.6 cm³/mol. The number of rotatable bonds is 4. The van der Waals surface area contributed by atoms with Crippen molar-refractivity contribution in [2.75, 3.05) is 45.9 Å². The van der Waals surface area contributed by atoms with E-state index in [4.69, 9.17) is 4.74 Å². The van der Waals surface area contributed by atoms with Gasteiger partial charge in [-0.25, -0.2) is 0 Å². The molecule has 0 aromatic carbocycles. The Hall–Kier alpha value is -1.14. The number of likely N-dealkylation sites (tertiary alicyclic amines) is 2. The van der Waals surface area contributed by atoms with E-state index in [1.54, 1.807) is 0 Å². The van der Waals surface area contributed by atoms with E-state index in [0.717, 1.165) is 58.4 Å². The second-order valence-corrected chi connectivity index (χ2v) is 8.57. The van der Waals surface area contributed by atoms with Crippen LogP contribution in [0.3, 0.4) is 0 Å². The lowest BCUT2D eigenvalue weighted by atomic mass is 9.75. The fourth-order valence-electron chi connectivity index (χ4n) is 5.71. The molecule has 4 aliphatic rings. The second-order valence-electron chi connectivity index (χ2n) is 8.57. The number of hydrogen-bond donors (Lipinski definition) is 0. The summed E-state index contributed by atoms with van der Waals surface area (Å²) >= 11 is 0. The van der Waals surface area contributed by atoms with E-state index in [0.29, 0.717) is 36.4 Å². The molecule has 0 radical (unpaired) electrons. The Labute approximate surface area is 156 Å². The van der Waals surface area contributed by atoms with Crippen LogP contribution in [0.5, 0.6) is 0 Å². The average Bonchev–Trinajstić information content (AvgIpc) is 2.67. The Morgan fingerprint density at radius 3 is 2.73 bits per heavy atom. The maximum Gasteiger partial charge on any atom is 0.248 e. The summed E-state index contributed by atoms with van der Waals surface area (Å²) in [4.78, 5) is 31.3. The lowest BCUT2D eigenvalue weighted by Crippen LogP contribution is -2.62. The third-order valence-corrected chi connectivity index (χ3v) is 6.97. The van der Waals surface area contributed by atoms with E-state index in [1.165, 1.54) is 12.8 Å². The van der Waals surface area contributed by atoms with Crippen LogP contribution in [-0.2, 0) is 14.3 Å². The molecule has 0 aromatic rings. The van der Waals surface area contributed by atoms with Crippen molar-refractivity contribution in [1.82, 2.24) is 14.7 Å². The van der Waals surface area contributed by atoms with Crippen molar-refractivity contribution in [2.24, 2.45) is 11.8 Å². The van der Waals surface area contributed by atoms with Gasteiger partial charge < -0.3 is 14.5 Å². The largest absolute Gasteiger partial charge is 0.372 e. The van der Waals surface area contributed by atoms with Crippen molar-refractivity contribution in [2.45, 2.75) is 57.5 Å². The smallest absolute Gasteiger partial charge is 0.248 e. The van der Waals surface area contributed by atoms with Gasteiger partial charge in [-0.05, 0) is 50.9 Å². The highest BCUT2D eigenvalue weighted by Gasteiger charge is 2.45. The lowest BCUT2D eigenvalue weighted by Gasteiger charge is -2.54. The minimum Gasteiger partial charge on any atom is -0.372 e. The third-order valence-electron chi connectivity index (χ3n) is 6.97. The molecule has 6 heteroatoms. The maximum absolute atomic E-state index is 12.3. The molecule has 0 N–H and O–H groups in total. The van der Waals surface area contributed by atoms with Gasteiger partial charge in [0.05, 0.1) is 0 Å². The molecule has 0 aliphatic carbocycles. The van der Waals surface area contributed by atoms with Crippen molar-refractivity contribution in [3.8, 4) is 0 Å². The Morgan fingerprint density at radius 2 is 1.96 bits per heavy atom. The number of hydrogen-bond acceptors (Lipinski definition) is 4. The summed E-state index contributed by atoms with van der Waals surface area (Å²) in [6.45, 7) is 7.70. The van der Waals surface area contributed by atoms with Crippen LogP contribution in [0.1, 0.15) is 45.4 Å². The van der Waals surface area contributed by atoms with Gasteiger partial charge in [-0.15, -0.1) is 0 Å². The van der Waals surface area contributed by atoms with Gasteiger partial charge in [0.1, 0.15) is 6.61 Å². The van der Waals surface area contributed by atoms with E-state index in [9.17, 15) is 9.59 Å². The van der Waals surface area contributed by atoms with Crippen LogP contribution in [0, 0.1) is 11.8 Å². The second kappa shape index (κ2) is 7.85. The van der Waals surface area contributed by atoms with Gasteiger partial charge in [0, 0.05) is 57.8 Å². The monoisotopic (exact) mass is 363 g/mol. The van der Waals surface area contributed by atoms with Crippen LogP contribution in [0.2, 0.25) is 0 Å². The Balaban J connectivity index is 1.32. The molecular formula is C20H33N3O3. The zero-order valence-electron chi connectivity index (χ0n) is 16.1. The van der Waals surface area contributed by atoms with Gasteiger partial charge in [0.15, 0.2) is 0 Å². The van der Waals surface area contributed by atoms with Crippen LogP contribution >= 0.6 is 0 Å². The van der Waals surface area contributed by atoms with Gasteiger partial charge in [0.25, 0.3) is 0 Å². The number of carbonyl (C=O) groups is 2. The fourth-order valence-corrected chi connectivity index (χ4v) is 5.71. The quantitative estimate of drug-likeness (QED) is 0.757. The highest BCUT2D eigenvalue weighted by Crippen LogP contribution is 2.39. The summed E-state index contributed by atoms with van der Waals surface area (Å²) in [7, 11) is 0. The van der Waals surface area contributed by atoms with Gasteiger partial charge in [-0.1, -0.05) is 0 Å². The molecule has 6 nitrogen and oxygen atoms in total. The van der Waals surface area contributed by atoms with E-state index < -0.39 is 0 Å². The predicted octanol–water partition coefficient (Wildman–Crippen LogP) is 1.35. The first-order valence-electron chi connectivity index (χ1n) is 10.5. The van der Waals surface area contributed by atoms with Crippen molar-refractivity contribution in [1.29, 1.82) is 0 Å². The molecule has 2 amide bonds. The van der Waals surface area contributed by atoms with Gasteiger partial charge >= 0.3 is 0 Å². The highest BCUT2D eigenvalue weighted by atomic mass is 16.5. The number of nitrogens with zero attached hydrogens (tertiary/aromatic N) is 3. The first-order valence-corrected chi connectivity index (χ1v) is 10.5. The minimum atomic E-state index is 0.136. The number of piperidine rings is 4. The molecule has 0 aromatic heterocycles. The summed E-state index contributed by atoms with van der Waals surface area (Å²) in [5.74, 6) is 1.83. The van der Waals surface area contributed by atoms with Crippen LogP contribution in [0.4, 0.5) is 0 Å². The average molecular weight is 364 g/mol. The van der Waals surface area contributed by atoms with E-state index in [1.807, 2.05) is 11.8 Å². The normalized spacial score (nSPS) is 33.3.